The minimum absolute atomic E-state index is 0.0622. The molecule has 0 unspecified atom stereocenters. The number of aromatic nitrogens is 4. The highest BCUT2D eigenvalue weighted by Gasteiger charge is 2.11. The van der Waals surface area contributed by atoms with Crippen molar-refractivity contribution in [1.29, 1.82) is 0 Å². The zero-order chi connectivity index (χ0) is 12.4. The Morgan fingerprint density at radius 3 is 2.82 bits per heavy atom. The molecule has 0 aliphatic carbocycles. The summed E-state index contributed by atoms with van der Waals surface area (Å²) in [6.45, 7) is 1.69. The van der Waals surface area contributed by atoms with E-state index < -0.39 is 0 Å². The normalized spacial score (nSPS) is 10.8. The van der Waals surface area contributed by atoms with Gasteiger partial charge in [0.05, 0.1) is 0 Å². The van der Waals surface area contributed by atoms with Crippen molar-refractivity contribution in [2.45, 2.75) is 13.3 Å². The van der Waals surface area contributed by atoms with Crippen LogP contribution in [-0.4, -0.2) is 31.2 Å². The van der Waals surface area contributed by atoms with Crippen LogP contribution in [0.4, 0.5) is 0 Å². The molecule has 2 aromatic rings. The van der Waals surface area contributed by atoms with Crippen molar-refractivity contribution in [3.8, 4) is 11.6 Å². The van der Waals surface area contributed by atoms with E-state index in [4.69, 9.17) is 5.11 Å². The number of aliphatic hydroxyl groups excluding tert-OH is 1. The lowest BCUT2D eigenvalue weighted by Crippen LogP contribution is -2.19. The lowest BCUT2D eigenvalue weighted by atomic mass is 10.2. The summed E-state index contributed by atoms with van der Waals surface area (Å²) >= 11 is 0. The number of rotatable bonds is 3. The molecule has 2 N–H and O–H groups in total. The first-order valence-corrected chi connectivity index (χ1v) is 5.32. The topological polar surface area (TPSA) is 83.8 Å². The van der Waals surface area contributed by atoms with Crippen molar-refractivity contribution >= 4 is 0 Å². The van der Waals surface area contributed by atoms with Crippen molar-refractivity contribution in [2.24, 2.45) is 7.05 Å². The number of nitrogens with one attached hydrogen (secondary N) is 1. The molecule has 90 valence electrons. The van der Waals surface area contributed by atoms with Crippen molar-refractivity contribution < 1.29 is 5.11 Å². The van der Waals surface area contributed by atoms with Crippen LogP contribution in [0.2, 0.25) is 0 Å². The summed E-state index contributed by atoms with van der Waals surface area (Å²) in [4.78, 5) is 22.9. The van der Waals surface area contributed by atoms with Crippen LogP contribution in [0.3, 0.4) is 0 Å². The van der Waals surface area contributed by atoms with E-state index in [-0.39, 0.29) is 12.2 Å². The number of imidazole rings is 1. The molecule has 2 rings (SSSR count). The van der Waals surface area contributed by atoms with Crippen LogP contribution in [0.5, 0.6) is 0 Å². The van der Waals surface area contributed by atoms with Gasteiger partial charge in [0.1, 0.15) is 0 Å². The molecule has 0 radical (unpaired) electrons. The largest absolute Gasteiger partial charge is 0.396 e. The Kier molecular flexibility index (Phi) is 3.06. The number of aliphatic hydroxyl groups is 1. The molecule has 0 saturated heterocycles. The van der Waals surface area contributed by atoms with E-state index in [1.165, 1.54) is 0 Å². The van der Waals surface area contributed by atoms with Gasteiger partial charge in [-0.3, -0.25) is 4.79 Å². The molecule has 17 heavy (non-hydrogen) atoms. The van der Waals surface area contributed by atoms with Gasteiger partial charge in [-0.1, -0.05) is 0 Å². The fourth-order valence-electron chi connectivity index (χ4n) is 1.72. The average Bonchev–Trinajstić information content (AvgIpc) is 2.69. The molecule has 0 bridgehead atoms. The summed E-state index contributed by atoms with van der Waals surface area (Å²) in [6.07, 6.45) is 3.74. The van der Waals surface area contributed by atoms with Gasteiger partial charge in [-0.15, -0.1) is 0 Å². The second-order valence-corrected chi connectivity index (χ2v) is 3.81. The third-order valence-electron chi connectivity index (χ3n) is 2.62. The third kappa shape index (κ3) is 2.12. The van der Waals surface area contributed by atoms with Crippen LogP contribution < -0.4 is 5.56 Å². The highest BCUT2D eigenvalue weighted by Crippen LogP contribution is 2.11. The number of hydrogen-bond acceptors (Lipinski definition) is 4. The van der Waals surface area contributed by atoms with Gasteiger partial charge in [0.15, 0.2) is 11.6 Å². The molecule has 6 heteroatoms. The van der Waals surface area contributed by atoms with Crippen LogP contribution in [0.15, 0.2) is 17.2 Å². The second kappa shape index (κ2) is 4.50. The van der Waals surface area contributed by atoms with E-state index in [9.17, 15) is 4.79 Å². The fourth-order valence-corrected chi connectivity index (χ4v) is 1.72. The van der Waals surface area contributed by atoms with E-state index in [1.807, 2.05) is 7.05 Å². The molecule has 0 saturated carbocycles. The predicted octanol–water partition coefficient (Wildman–Crippen LogP) is 0.0136. The average molecular weight is 234 g/mol. The Labute approximate surface area is 98.0 Å². The second-order valence-electron chi connectivity index (χ2n) is 3.81. The third-order valence-corrected chi connectivity index (χ3v) is 2.62. The summed E-state index contributed by atoms with van der Waals surface area (Å²) in [6, 6.07) is 0. The van der Waals surface area contributed by atoms with Crippen molar-refractivity contribution in [3.05, 3.63) is 34.0 Å². The lowest BCUT2D eigenvalue weighted by molar-refractivity contribution is 0.298. The highest BCUT2D eigenvalue weighted by molar-refractivity contribution is 5.44. The van der Waals surface area contributed by atoms with Crippen LogP contribution in [0, 0.1) is 6.92 Å². The monoisotopic (exact) mass is 234 g/mol. The lowest BCUT2D eigenvalue weighted by Gasteiger charge is -2.06. The van der Waals surface area contributed by atoms with Gasteiger partial charge in [0.25, 0.3) is 5.56 Å². The smallest absolute Gasteiger partial charge is 0.254 e. The van der Waals surface area contributed by atoms with Gasteiger partial charge in [0.2, 0.25) is 0 Å². The van der Waals surface area contributed by atoms with Gasteiger partial charge in [-0.25, -0.2) is 9.97 Å². The van der Waals surface area contributed by atoms with Crippen molar-refractivity contribution in [3.63, 3.8) is 0 Å². The first-order chi connectivity index (χ1) is 8.13. The Morgan fingerprint density at radius 1 is 1.53 bits per heavy atom. The summed E-state index contributed by atoms with van der Waals surface area (Å²) in [7, 11) is 1.83. The highest BCUT2D eigenvalue weighted by atomic mass is 16.3. The van der Waals surface area contributed by atoms with E-state index in [0.717, 1.165) is 0 Å². The van der Waals surface area contributed by atoms with Crippen LogP contribution in [0.1, 0.15) is 11.3 Å². The predicted molar refractivity (Wildman–Crippen MR) is 62.6 cm³/mol. The minimum Gasteiger partial charge on any atom is -0.396 e. The van der Waals surface area contributed by atoms with Crippen molar-refractivity contribution in [2.75, 3.05) is 6.61 Å². The Hall–Kier alpha value is -1.95. The number of aryl methyl sites for hydroxylation is 2. The molecule has 0 aliphatic heterocycles. The quantitative estimate of drug-likeness (QED) is 0.783. The van der Waals surface area contributed by atoms with Crippen LogP contribution in [-0.2, 0) is 13.5 Å². The van der Waals surface area contributed by atoms with E-state index in [0.29, 0.717) is 29.3 Å². The maximum atomic E-state index is 11.8. The van der Waals surface area contributed by atoms with Gasteiger partial charge in [0, 0.05) is 43.7 Å². The molecule has 2 aromatic heterocycles. The fraction of sp³-hybridized carbons (Fsp3) is 0.364. The number of H-pyrrole nitrogens is 1. The van der Waals surface area contributed by atoms with E-state index in [1.54, 1.807) is 23.9 Å². The van der Waals surface area contributed by atoms with Crippen LogP contribution in [0.25, 0.3) is 11.6 Å². The molecule has 0 aromatic carbocycles. The molecular formula is C11H14N4O2. The first kappa shape index (κ1) is 11.5. The van der Waals surface area contributed by atoms with Gasteiger partial charge in [-0.2, -0.15) is 0 Å². The van der Waals surface area contributed by atoms with E-state index in [2.05, 4.69) is 15.0 Å². The maximum Gasteiger partial charge on any atom is 0.254 e. The molecule has 6 nitrogen and oxygen atoms in total. The van der Waals surface area contributed by atoms with Crippen molar-refractivity contribution in [1.82, 2.24) is 19.5 Å². The summed E-state index contributed by atoms with van der Waals surface area (Å²) in [5.74, 6) is 1.06. The summed E-state index contributed by atoms with van der Waals surface area (Å²) < 4.78 is 1.78. The Morgan fingerprint density at radius 2 is 2.29 bits per heavy atom. The Balaban J connectivity index is 2.53. The molecule has 0 amide bonds. The number of aromatic amines is 1. The summed E-state index contributed by atoms with van der Waals surface area (Å²) in [5.41, 5.74) is 0.927. The van der Waals surface area contributed by atoms with Gasteiger partial charge >= 0.3 is 0 Å². The standard InChI is InChI=1S/C11H14N4O2/c1-7-8(3-6-16)11(17)14-9(13-7)10-12-4-5-15(10)2/h4-5,16H,3,6H2,1-2H3,(H,13,14,17). The summed E-state index contributed by atoms with van der Waals surface area (Å²) in [5, 5.41) is 8.87. The SMILES string of the molecule is Cc1nc(-c2nccn2C)[nH]c(=O)c1CCO. The first-order valence-electron chi connectivity index (χ1n) is 5.32. The van der Waals surface area contributed by atoms with Crippen LogP contribution >= 0.6 is 0 Å². The number of nitrogens with zero attached hydrogens (tertiary/aromatic N) is 3. The minimum atomic E-state index is -0.218. The van der Waals surface area contributed by atoms with E-state index >= 15 is 0 Å². The van der Waals surface area contributed by atoms with Gasteiger partial charge in [-0.05, 0) is 6.92 Å². The molecule has 0 fully saturated rings. The zero-order valence-corrected chi connectivity index (χ0v) is 9.77. The molecule has 2 heterocycles. The molecular weight excluding hydrogens is 220 g/mol. The molecule has 0 aliphatic rings. The maximum absolute atomic E-state index is 11.8. The molecule has 0 spiro atoms. The Bertz CT molecular complexity index is 585. The van der Waals surface area contributed by atoms with Gasteiger partial charge < -0.3 is 14.7 Å². The molecule has 0 atom stereocenters. The zero-order valence-electron chi connectivity index (χ0n) is 9.77. The number of hydrogen-bond donors (Lipinski definition) is 2.